The second kappa shape index (κ2) is 13.0. The maximum atomic E-state index is 2.40. The van der Waals surface area contributed by atoms with Crippen LogP contribution in [0.25, 0.3) is 0 Å². The van der Waals surface area contributed by atoms with Gasteiger partial charge < -0.3 is 0 Å². The zero-order chi connectivity index (χ0) is 23.5. The summed E-state index contributed by atoms with van der Waals surface area (Å²) in [6, 6.07) is 45.2. The maximum Gasteiger partial charge on any atom is 0.0991 e. The Hall–Kier alpha value is -2.26. The third-order valence-electron chi connectivity index (χ3n) is 6.70. The van der Waals surface area contributed by atoms with Crippen LogP contribution in [0.15, 0.2) is 121 Å². The molecule has 0 spiro atoms. The molecule has 0 aliphatic rings. The molecule has 2 heteroatoms. The molecule has 0 aliphatic carbocycles. The van der Waals surface area contributed by atoms with Crippen molar-refractivity contribution in [3.63, 3.8) is 0 Å². The number of benzene rings is 4. The Balaban J connectivity index is 1.55. The Morgan fingerprint density at radius 3 is 1.35 bits per heavy atom. The van der Waals surface area contributed by atoms with Crippen LogP contribution in [0.3, 0.4) is 0 Å². The Morgan fingerprint density at radius 1 is 0.500 bits per heavy atom. The Bertz CT molecular complexity index is 1000. The zero-order valence-corrected chi connectivity index (χ0v) is 22.2. The van der Waals surface area contributed by atoms with Gasteiger partial charge in [0, 0.05) is 0 Å². The van der Waals surface area contributed by atoms with Crippen LogP contribution < -0.4 is 21.2 Å². The third kappa shape index (κ3) is 6.24. The number of rotatable bonds is 12. The number of hydrogen-bond donors (Lipinski definition) is 0. The molecule has 0 radical (unpaired) electrons. The Morgan fingerprint density at radius 2 is 0.912 bits per heavy atom. The van der Waals surface area contributed by atoms with Crippen LogP contribution in [0.2, 0.25) is 0 Å². The van der Waals surface area contributed by atoms with Gasteiger partial charge in [0.25, 0.3) is 0 Å². The lowest BCUT2D eigenvalue weighted by Crippen LogP contribution is -2.27. The molecule has 0 saturated heterocycles. The van der Waals surface area contributed by atoms with Gasteiger partial charge in [-0.15, -0.1) is 0 Å². The van der Waals surface area contributed by atoms with Gasteiger partial charge in [0.2, 0.25) is 0 Å². The van der Waals surface area contributed by atoms with Crippen molar-refractivity contribution in [1.29, 1.82) is 0 Å². The molecule has 0 atom stereocenters. The van der Waals surface area contributed by atoms with E-state index in [-0.39, 0.29) is 7.92 Å². The highest BCUT2D eigenvalue weighted by atomic mass is 31.2. The van der Waals surface area contributed by atoms with Gasteiger partial charge in [-0.05, 0) is 68.2 Å². The zero-order valence-electron chi connectivity index (χ0n) is 20.4. The molecule has 0 saturated carbocycles. The number of unbranched alkanes of at least 4 members (excludes halogenated alkanes) is 2. The largest absolute Gasteiger partial charge is 0.0991 e. The SMILES string of the molecule is CCCC[P+](CCCCP(c1ccccc1)c1ccccc1)(c1ccccc1)c1ccccc1. The van der Waals surface area contributed by atoms with E-state index in [4.69, 9.17) is 0 Å². The molecule has 4 aromatic rings. The molecule has 174 valence electrons. The molecule has 0 amide bonds. The van der Waals surface area contributed by atoms with Gasteiger partial charge >= 0.3 is 0 Å². The van der Waals surface area contributed by atoms with Crippen LogP contribution in [-0.2, 0) is 0 Å². The van der Waals surface area contributed by atoms with Gasteiger partial charge in [-0.3, -0.25) is 0 Å². The predicted molar refractivity (Wildman–Crippen MR) is 157 cm³/mol. The van der Waals surface area contributed by atoms with E-state index < -0.39 is 7.26 Å². The van der Waals surface area contributed by atoms with Crippen molar-refractivity contribution in [2.24, 2.45) is 0 Å². The fourth-order valence-corrected chi connectivity index (χ4v) is 12.0. The van der Waals surface area contributed by atoms with E-state index in [9.17, 15) is 0 Å². The maximum absolute atomic E-state index is 2.40. The third-order valence-corrected chi connectivity index (χ3v) is 14.0. The van der Waals surface area contributed by atoms with Crippen molar-refractivity contribution in [2.75, 3.05) is 18.5 Å². The minimum absolute atomic E-state index is 0.305. The summed E-state index contributed by atoms with van der Waals surface area (Å²) >= 11 is 0. The van der Waals surface area contributed by atoms with E-state index in [2.05, 4.69) is 128 Å². The summed E-state index contributed by atoms with van der Waals surface area (Å²) in [5, 5.41) is 6.18. The minimum Gasteiger partial charge on any atom is -0.0652 e. The summed E-state index contributed by atoms with van der Waals surface area (Å²) in [6.07, 6.45) is 9.04. The minimum atomic E-state index is -1.41. The fraction of sp³-hybridized carbons (Fsp3) is 0.250. The summed E-state index contributed by atoms with van der Waals surface area (Å²) in [4.78, 5) is 0. The standard InChI is InChI=1S/C32H37P2/c1-2-3-27-34(31-22-12-6-13-23-31,32-24-14-7-15-25-32)28-17-16-26-33(29-18-8-4-9-19-29)30-20-10-5-11-21-30/h4-15,18-25H,2-3,16-17,26-28H2,1H3/q+1. The first-order chi connectivity index (χ1) is 16.8. The fourth-order valence-electron chi connectivity index (χ4n) is 4.91. The molecule has 4 rings (SSSR count). The number of hydrogen-bond acceptors (Lipinski definition) is 0. The first-order valence-electron chi connectivity index (χ1n) is 12.7. The molecular weight excluding hydrogens is 446 g/mol. The van der Waals surface area contributed by atoms with Gasteiger partial charge in [0.05, 0.1) is 30.2 Å². The highest BCUT2D eigenvalue weighted by Gasteiger charge is 2.41. The van der Waals surface area contributed by atoms with E-state index in [1.54, 1.807) is 10.6 Å². The van der Waals surface area contributed by atoms with Crippen molar-refractivity contribution < 1.29 is 0 Å². The van der Waals surface area contributed by atoms with E-state index >= 15 is 0 Å². The first kappa shape index (κ1) is 24.9. The Kier molecular flexibility index (Phi) is 9.50. The van der Waals surface area contributed by atoms with Gasteiger partial charge in [0.15, 0.2) is 0 Å². The van der Waals surface area contributed by atoms with Crippen LogP contribution in [-0.4, -0.2) is 18.5 Å². The molecule has 34 heavy (non-hydrogen) atoms. The quantitative estimate of drug-likeness (QED) is 0.146. The Labute approximate surface area is 208 Å². The molecule has 0 N–H and O–H groups in total. The lowest BCUT2D eigenvalue weighted by molar-refractivity contribution is 0.870. The van der Waals surface area contributed by atoms with Crippen molar-refractivity contribution in [2.45, 2.75) is 32.6 Å². The summed E-state index contributed by atoms with van der Waals surface area (Å²) in [5.74, 6) is 0. The lowest BCUT2D eigenvalue weighted by Gasteiger charge is -2.28. The first-order valence-corrected chi connectivity index (χ1v) is 16.4. The molecule has 0 bridgehead atoms. The van der Waals surface area contributed by atoms with Crippen molar-refractivity contribution in [3.05, 3.63) is 121 Å². The summed E-state index contributed by atoms with van der Waals surface area (Å²) in [6.45, 7) is 2.33. The van der Waals surface area contributed by atoms with E-state index in [0.717, 1.165) is 0 Å². The van der Waals surface area contributed by atoms with Crippen LogP contribution in [0.1, 0.15) is 32.6 Å². The molecular formula is C32H37P2+. The predicted octanol–water partition coefficient (Wildman–Crippen LogP) is 7.37. The summed E-state index contributed by atoms with van der Waals surface area (Å²) < 4.78 is 0. The van der Waals surface area contributed by atoms with Gasteiger partial charge in [-0.2, -0.15) is 0 Å². The van der Waals surface area contributed by atoms with E-state index in [1.807, 2.05) is 0 Å². The highest BCUT2D eigenvalue weighted by Crippen LogP contribution is 2.57. The van der Waals surface area contributed by atoms with Crippen LogP contribution >= 0.6 is 15.2 Å². The summed E-state index contributed by atoms with van der Waals surface area (Å²) in [7, 11) is -1.72. The van der Waals surface area contributed by atoms with Crippen LogP contribution in [0, 0.1) is 0 Å². The van der Waals surface area contributed by atoms with Crippen molar-refractivity contribution in [1.82, 2.24) is 0 Å². The van der Waals surface area contributed by atoms with Gasteiger partial charge in [0.1, 0.15) is 0 Å². The molecule has 0 fully saturated rings. The molecule has 0 nitrogen and oxygen atoms in total. The molecule has 0 aromatic heterocycles. The van der Waals surface area contributed by atoms with Gasteiger partial charge in [-0.25, -0.2) is 0 Å². The van der Waals surface area contributed by atoms with Crippen LogP contribution in [0.4, 0.5) is 0 Å². The second-order valence-electron chi connectivity index (χ2n) is 8.97. The van der Waals surface area contributed by atoms with Crippen molar-refractivity contribution in [3.8, 4) is 0 Å². The van der Waals surface area contributed by atoms with E-state index in [1.165, 1.54) is 54.8 Å². The molecule has 4 aromatic carbocycles. The molecule has 0 unspecified atom stereocenters. The topological polar surface area (TPSA) is 0 Å². The second-order valence-corrected chi connectivity index (χ2v) is 15.2. The molecule has 0 aliphatic heterocycles. The monoisotopic (exact) mass is 483 g/mol. The van der Waals surface area contributed by atoms with Gasteiger partial charge in [-0.1, -0.05) is 110 Å². The smallest absolute Gasteiger partial charge is 0.0652 e. The average Bonchev–Trinajstić information content (AvgIpc) is 2.92. The molecule has 0 heterocycles. The van der Waals surface area contributed by atoms with E-state index in [0.29, 0.717) is 0 Å². The average molecular weight is 484 g/mol. The van der Waals surface area contributed by atoms with Crippen molar-refractivity contribution >= 4 is 36.4 Å². The van der Waals surface area contributed by atoms with Crippen LogP contribution in [0.5, 0.6) is 0 Å². The highest BCUT2D eigenvalue weighted by molar-refractivity contribution is 7.89. The lowest BCUT2D eigenvalue weighted by atomic mass is 10.3. The summed E-state index contributed by atoms with van der Waals surface area (Å²) in [5.41, 5.74) is 0. The normalized spacial score (nSPS) is 11.6.